The highest BCUT2D eigenvalue weighted by Gasteiger charge is 2.06. The predicted molar refractivity (Wildman–Crippen MR) is 143 cm³/mol. The molecule has 0 saturated heterocycles. The normalized spacial score (nSPS) is 11.0. The molecule has 33 heavy (non-hydrogen) atoms. The molecule has 170 valence electrons. The summed E-state index contributed by atoms with van der Waals surface area (Å²) in [4.78, 5) is 8.49. The minimum Gasteiger partial charge on any atom is -0.495 e. The Hall–Kier alpha value is -3.11. The minimum absolute atomic E-state index is 0. The molecule has 3 N–H and O–H groups in total. The van der Waals surface area contributed by atoms with Gasteiger partial charge in [0.15, 0.2) is 5.96 Å². The van der Waals surface area contributed by atoms with Crippen molar-refractivity contribution in [1.29, 1.82) is 0 Å². The predicted octanol–water partition coefficient (Wildman–Crippen LogP) is 5.20. The average molecular weight is 575 g/mol. The number of hydrogen-bond acceptors (Lipinski definition) is 4. The molecule has 0 aliphatic heterocycles. The van der Waals surface area contributed by atoms with Gasteiger partial charge >= 0.3 is 0 Å². The zero-order chi connectivity index (χ0) is 22.3. The van der Waals surface area contributed by atoms with Crippen molar-refractivity contribution in [3.8, 4) is 16.9 Å². The second-order valence-electron chi connectivity index (χ2n) is 7.12. The molecular weight excluding hydrogens is 551 g/mol. The van der Waals surface area contributed by atoms with Crippen molar-refractivity contribution in [3.05, 3.63) is 95.5 Å². The summed E-state index contributed by atoms with van der Waals surface area (Å²) in [6.45, 7) is 1.13. The Morgan fingerprint density at radius 2 is 1.91 bits per heavy atom. The van der Waals surface area contributed by atoms with E-state index in [1.807, 2.05) is 18.2 Å². The average Bonchev–Trinajstić information content (AvgIpc) is 3.32. The van der Waals surface area contributed by atoms with E-state index in [1.165, 1.54) is 6.33 Å². The molecule has 3 aromatic carbocycles. The van der Waals surface area contributed by atoms with Gasteiger partial charge in [-0.15, -0.1) is 24.0 Å². The third-order valence-corrected chi connectivity index (χ3v) is 5.23. The molecule has 0 unspecified atom stereocenters. The van der Waals surface area contributed by atoms with E-state index >= 15 is 0 Å². The van der Waals surface area contributed by atoms with Gasteiger partial charge in [-0.2, -0.15) is 5.10 Å². The molecule has 0 aliphatic rings. The molecule has 0 spiro atoms. The van der Waals surface area contributed by atoms with Gasteiger partial charge in [0.25, 0.3) is 0 Å². The number of guanidine groups is 1. The van der Waals surface area contributed by atoms with Gasteiger partial charge in [-0.1, -0.05) is 60.1 Å². The third-order valence-electron chi connectivity index (χ3n) is 4.94. The number of nitrogens with two attached hydrogens (primary N) is 1. The molecule has 1 aromatic heterocycles. The van der Waals surface area contributed by atoms with Crippen molar-refractivity contribution >= 4 is 47.2 Å². The highest BCUT2D eigenvalue weighted by molar-refractivity contribution is 14.0. The molecule has 0 saturated carbocycles. The van der Waals surface area contributed by atoms with Crippen molar-refractivity contribution in [2.75, 3.05) is 12.4 Å². The standard InChI is InChI=1S/C24H23ClN6O.HI/c1-32-23-11-10-20(12-22(23)25)30-24(26)28-13-19-4-2-3-5-21(19)18-8-6-17(7-9-18)14-31-16-27-15-29-31;/h2-12,15-16H,13-14H2,1H3,(H3,26,28,30);1H. The number of benzene rings is 3. The summed E-state index contributed by atoms with van der Waals surface area (Å²) in [5.74, 6) is 0.915. The van der Waals surface area contributed by atoms with E-state index in [9.17, 15) is 0 Å². The van der Waals surface area contributed by atoms with Gasteiger partial charge in [-0.05, 0) is 40.5 Å². The summed E-state index contributed by atoms with van der Waals surface area (Å²) in [5.41, 5.74) is 11.3. The van der Waals surface area contributed by atoms with E-state index in [-0.39, 0.29) is 24.0 Å². The molecule has 1 heterocycles. The van der Waals surface area contributed by atoms with E-state index in [0.717, 1.165) is 27.9 Å². The summed E-state index contributed by atoms with van der Waals surface area (Å²) in [5, 5.41) is 7.72. The number of ether oxygens (including phenoxy) is 1. The van der Waals surface area contributed by atoms with Crippen molar-refractivity contribution in [3.63, 3.8) is 0 Å². The van der Waals surface area contributed by atoms with Crippen LogP contribution < -0.4 is 15.8 Å². The van der Waals surface area contributed by atoms with E-state index < -0.39 is 0 Å². The van der Waals surface area contributed by atoms with Crippen LogP contribution in [0.15, 0.2) is 84.4 Å². The number of halogens is 2. The molecular formula is C24H24ClIN6O. The van der Waals surface area contributed by atoms with Crippen LogP contribution in [0, 0.1) is 0 Å². The van der Waals surface area contributed by atoms with Crippen LogP contribution in [0.4, 0.5) is 5.69 Å². The lowest BCUT2D eigenvalue weighted by atomic mass is 9.98. The number of nitrogens with one attached hydrogen (secondary N) is 1. The topological polar surface area (TPSA) is 90.3 Å². The maximum absolute atomic E-state index is 6.17. The third kappa shape index (κ3) is 6.45. The van der Waals surface area contributed by atoms with Crippen molar-refractivity contribution < 1.29 is 4.74 Å². The van der Waals surface area contributed by atoms with Crippen LogP contribution in [0.1, 0.15) is 11.1 Å². The highest BCUT2D eigenvalue weighted by Crippen LogP contribution is 2.27. The van der Waals surface area contributed by atoms with Crippen LogP contribution in [0.25, 0.3) is 11.1 Å². The Kier molecular flexibility index (Phi) is 8.67. The van der Waals surface area contributed by atoms with Gasteiger partial charge in [0.05, 0.1) is 25.2 Å². The molecule has 4 aromatic rings. The number of rotatable bonds is 7. The fraction of sp³-hybridized carbons (Fsp3) is 0.125. The molecule has 0 amide bonds. The van der Waals surface area contributed by atoms with Gasteiger partial charge in [0.1, 0.15) is 18.4 Å². The first-order valence-electron chi connectivity index (χ1n) is 10.0. The Labute approximate surface area is 214 Å². The molecule has 9 heteroatoms. The number of methoxy groups -OCH3 is 1. The smallest absolute Gasteiger partial charge is 0.193 e. The monoisotopic (exact) mass is 574 g/mol. The lowest BCUT2D eigenvalue weighted by Crippen LogP contribution is -2.22. The Balaban J connectivity index is 0.00000306. The number of aliphatic imine (C=N–C) groups is 1. The SMILES string of the molecule is COc1ccc(NC(N)=NCc2ccccc2-c2ccc(Cn3cncn3)cc2)cc1Cl.I. The number of anilines is 1. The van der Waals surface area contributed by atoms with E-state index in [0.29, 0.717) is 29.8 Å². The first kappa shape index (κ1) is 24.5. The Morgan fingerprint density at radius 3 is 2.61 bits per heavy atom. The first-order valence-corrected chi connectivity index (χ1v) is 10.4. The largest absolute Gasteiger partial charge is 0.495 e. The fourth-order valence-corrected chi connectivity index (χ4v) is 3.59. The summed E-state index contributed by atoms with van der Waals surface area (Å²) < 4.78 is 6.97. The molecule has 4 rings (SSSR count). The van der Waals surface area contributed by atoms with Crippen LogP contribution in [0.2, 0.25) is 5.02 Å². The van der Waals surface area contributed by atoms with Crippen molar-refractivity contribution in [2.24, 2.45) is 10.7 Å². The zero-order valence-corrected chi connectivity index (χ0v) is 21.1. The van der Waals surface area contributed by atoms with E-state index in [1.54, 1.807) is 30.3 Å². The quantitative estimate of drug-likeness (QED) is 0.180. The maximum atomic E-state index is 6.17. The summed E-state index contributed by atoms with van der Waals surface area (Å²) in [7, 11) is 1.58. The van der Waals surface area contributed by atoms with E-state index in [2.05, 4.69) is 56.8 Å². The van der Waals surface area contributed by atoms with Gasteiger partial charge < -0.3 is 15.8 Å². The van der Waals surface area contributed by atoms with Crippen molar-refractivity contribution in [1.82, 2.24) is 14.8 Å². The summed E-state index contributed by atoms with van der Waals surface area (Å²) in [6.07, 6.45) is 3.24. The maximum Gasteiger partial charge on any atom is 0.193 e. The first-order chi connectivity index (χ1) is 15.6. The molecule has 0 aliphatic carbocycles. The second-order valence-corrected chi connectivity index (χ2v) is 7.53. The number of hydrogen-bond donors (Lipinski definition) is 2. The fourth-order valence-electron chi connectivity index (χ4n) is 3.33. The van der Waals surface area contributed by atoms with Crippen LogP contribution >= 0.6 is 35.6 Å². The molecule has 0 bridgehead atoms. The highest BCUT2D eigenvalue weighted by atomic mass is 127. The molecule has 7 nitrogen and oxygen atoms in total. The van der Waals surface area contributed by atoms with Crippen LogP contribution in [0.5, 0.6) is 5.75 Å². The second kappa shape index (κ2) is 11.7. The van der Waals surface area contributed by atoms with Crippen molar-refractivity contribution in [2.45, 2.75) is 13.1 Å². The minimum atomic E-state index is 0. The number of nitrogens with zero attached hydrogens (tertiary/aromatic N) is 4. The van der Waals surface area contributed by atoms with Gasteiger partial charge in [-0.3, -0.25) is 0 Å². The van der Waals surface area contributed by atoms with Crippen LogP contribution in [-0.4, -0.2) is 27.8 Å². The molecule has 0 fully saturated rings. The van der Waals surface area contributed by atoms with Gasteiger partial charge in [0, 0.05) is 5.69 Å². The summed E-state index contributed by atoms with van der Waals surface area (Å²) in [6, 6.07) is 21.9. The number of aromatic nitrogens is 3. The van der Waals surface area contributed by atoms with Gasteiger partial charge in [-0.25, -0.2) is 14.7 Å². The summed E-state index contributed by atoms with van der Waals surface area (Å²) >= 11 is 6.17. The lowest BCUT2D eigenvalue weighted by Gasteiger charge is -2.11. The zero-order valence-electron chi connectivity index (χ0n) is 18.0. The Morgan fingerprint density at radius 1 is 1.12 bits per heavy atom. The van der Waals surface area contributed by atoms with E-state index in [4.69, 9.17) is 22.1 Å². The molecule has 0 radical (unpaired) electrons. The van der Waals surface area contributed by atoms with Crippen LogP contribution in [0.3, 0.4) is 0 Å². The Bertz CT molecular complexity index is 1210. The lowest BCUT2D eigenvalue weighted by molar-refractivity contribution is 0.415. The van der Waals surface area contributed by atoms with Crippen LogP contribution in [-0.2, 0) is 13.1 Å². The van der Waals surface area contributed by atoms with Gasteiger partial charge in [0.2, 0.25) is 0 Å². The molecule has 0 atom stereocenters.